The summed E-state index contributed by atoms with van der Waals surface area (Å²) < 4.78 is 26.9. The molecule has 0 unspecified atom stereocenters. The molecule has 0 saturated carbocycles. The lowest BCUT2D eigenvalue weighted by Gasteiger charge is -2.20. The molecular formula is C14H14BrNO2S. The van der Waals surface area contributed by atoms with E-state index in [1.807, 2.05) is 19.1 Å². The smallest absolute Gasteiger partial charge is 0.265 e. The Labute approximate surface area is 122 Å². The Morgan fingerprint density at radius 3 is 2.16 bits per heavy atom. The van der Waals surface area contributed by atoms with Gasteiger partial charge in [0.25, 0.3) is 10.0 Å². The summed E-state index contributed by atoms with van der Waals surface area (Å²) in [7, 11) is -1.99. The van der Waals surface area contributed by atoms with Gasteiger partial charge >= 0.3 is 0 Å². The highest BCUT2D eigenvalue weighted by atomic mass is 79.9. The zero-order valence-electron chi connectivity index (χ0n) is 10.7. The van der Waals surface area contributed by atoms with Gasteiger partial charge in [-0.15, -0.1) is 0 Å². The quantitative estimate of drug-likeness (QED) is 0.856. The summed E-state index contributed by atoms with van der Waals surface area (Å²) in [4.78, 5) is 0.262. The largest absolute Gasteiger partial charge is 0.269 e. The maximum atomic E-state index is 12.5. The molecule has 2 aromatic carbocycles. The zero-order valence-corrected chi connectivity index (χ0v) is 13.1. The first-order valence-electron chi connectivity index (χ1n) is 5.73. The van der Waals surface area contributed by atoms with Crippen LogP contribution < -0.4 is 4.31 Å². The van der Waals surface area contributed by atoms with Gasteiger partial charge < -0.3 is 0 Å². The third-order valence-electron chi connectivity index (χ3n) is 2.87. The maximum absolute atomic E-state index is 12.5. The normalized spacial score (nSPS) is 11.3. The van der Waals surface area contributed by atoms with Gasteiger partial charge in [-0.2, -0.15) is 0 Å². The third kappa shape index (κ3) is 2.82. The second kappa shape index (κ2) is 5.35. The molecule has 0 N–H and O–H groups in total. The highest BCUT2D eigenvalue weighted by Crippen LogP contribution is 2.27. The van der Waals surface area contributed by atoms with Crippen molar-refractivity contribution in [1.82, 2.24) is 0 Å². The molecule has 0 aliphatic rings. The lowest BCUT2D eigenvalue weighted by molar-refractivity contribution is 0.594. The Hall–Kier alpha value is -1.33. The number of nitrogens with zero attached hydrogens (tertiary/aromatic N) is 1. The van der Waals surface area contributed by atoms with Crippen LogP contribution in [-0.2, 0) is 10.0 Å². The van der Waals surface area contributed by atoms with Gasteiger partial charge in [0.2, 0.25) is 0 Å². The summed E-state index contributed by atoms with van der Waals surface area (Å²) in [6, 6.07) is 14.2. The lowest BCUT2D eigenvalue weighted by Crippen LogP contribution is -2.26. The molecule has 0 bridgehead atoms. The molecule has 0 spiro atoms. The average molecular weight is 340 g/mol. The van der Waals surface area contributed by atoms with E-state index in [2.05, 4.69) is 15.9 Å². The van der Waals surface area contributed by atoms with E-state index in [-0.39, 0.29) is 4.90 Å². The van der Waals surface area contributed by atoms with Crippen molar-refractivity contribution in [2.45, 2.75) is 11.8 Å². The summed E-state index contributed by atoms with van der Waals surface area (Å²) >= 11 is 3.28. The highest BCUT2D eigenvalue weighted by Gasteiger charge is 2.23. The first-order chi connectivity index (χ1) is 8.93. The van der Waals surface area contributed by atoms with Crippen LogP contribution in [0.4, 0.5) is 5.69 Å². The molecule has 0 fully saturated rings. The number of halogens is 1. The van der Waals surface area contributed by atoms with Gasteiger partial charge in [-0.05, 0) is 47.1 Å². The Balaban J connectivity index is 2.45. The van der Waals surface area contributed by atoms with Gasteiger partial charge in [0.15, 0.2) is 0 Å². The van der Waals surface area contributed by atoms with Crippen LogP contribution in [0.25, 0.3) is 0 Å². The first kappa shape index (κ1) is 14.1. The fourth-order valence-electron chi connectivity index (χ4n) is 1.69. The molecule has 0 aromatic heterocycles. The van der Waals surface area contributed by atoms with E-state index in [1.54, 1.807) is 43.4 Å². The van der Waals surface area contributed by atoms with Crippen LogP contribution in [0.3, 0.4) is 0 Å². The van der Waals surface area contributed by atoms with Gasteiger partial charge in [-0.1, -0.05) is 29.8 Å². The van der Waals surface area contributed by atoms with Gasteiger partial charge in [0.05, 0.1) is 5.69 Å². The summed E-state index contributed by atoms with van der Waals surface area (Å²) in [6.07, 6.45) is 0. The predicted molar refractivity (Wildman–Crippen MR) is 80.9 cm³/mol. The van der Waals surface area contributed by atoms with Crippen molar-refractivity contribution in [3.05, 3.63) is 58.6 Å². The molecule has 0 radical (unpaired) electrons. The Morgan fingerprint density at radius 2 is 1.58 bits per heavy atom. The minimum absolute atomic E-state index is 0.262. The molecule has 2 aromatic rings. The number of rotatable bonds is 3. The van der Waals surface area contributed by atoms with E-state index in [0.29, 0.717) is 10.2 Å². The van der Waals surface area contributed by atoms with Crippen LogP contribution in [0, 0.1) is 6.92 Å². The number of anilines is 1. The van der Waals surface area contributed by atoms with Crippen LogP contribution in [-0.4, -0.2) is 15.5 Å². The van der Waals surface area contributed by atoms with Gasteiger partial charge in [-0.25, -0.2) is 8.42 Å². The van der Waals surface area contributed by atoms with Gasteiger partial charge in [0, 0.05) is 11.5 Å². The molecule has 0 heterocycles. The molecular weight excluding hydrogens is 326 g/mol. The van der Waals surface area contributed by atoms with Crippen molar-refractivity contribution < 1.29 is 8.42 Å². The fourth-order valence-corrected chi connectivity index (χ4v) is 3.85. The molecule has 0 aliphatic heterocycles. The zero-order chi connectivity index (χ0) is 14.0. The van der Waals surface area contributed by atoms with E-state index < -0.39 is 10.0 Å². The maximum Gasteiger partial charge on any atom is 0.265 e. The van der Waals surface area contributed by atoms with Crippen molar-refractivity contribution in [2.75, 3.05) is 11.4 Å². The lowest BCUT2D eigenvalue weighted by atomic mass is 10.2. The molecule has 3 nitrogen and oxygen atoms in total. The molecule has 2 rings (SSSR count). The van der Waals surface area contributed by atoms with Crippen LogP contribution >= 0.6 is 15.9 Å². The summed E-state index contributed by atoms with van der Waals surface area (Å²) in [5.74, 6) is 0. The number of hydrogen-bond acceptors (Lipinski definition) is 2. The minimum atomic E-state index is -3.55. The van der Waals surface area contributed by atoms with Crippen molar-refractivity contribution in [3.63, 3.8) is 0 Å². The van der Waals surface area contributed by atoms with E-state index >= 15 is 0 Å². The SMILES string of the molecule is Cc1ccc(N(C)S(=O)(=O)c2ccccc2Br)cc1. The fraction of sp³-hybridized carbons (Fsp3) is 0.143. The summed E-state index contributed by atoms with van der Waals surface area (Å²) in [5, 5.41) is 0. The molecule has 0 saturated heterocycles. The van der Waals surface area contributed by atoms with E-state index in [0.717, 1.165) is 5.56 Å². The van der Waals surface area contributed by atoms with Crippen molar-refractivity contribution in [3.8, 4) is 0 Å². The standard InChI is InChI=1S/C14H14BrNO2S/c1-11-7-9-12(10-8-11)16(2)19(17,18)14-6-4-3-5-13(14)15/h3-10H,1-2H3. The monoisotopic (exact) mass is 339 g/mol. The second-order valence-electron chi connectivity index (χ2n) is 4.24. The molecule has 19 heavy (non-hydrogen) atoms. The predicted octanol–water partition coefficient (Wildman–Crippen LogP) is 3.58. The van der Waals surface area contributed by atoms with Crippen LogP contribution in [0.1, 0.15) is 5.56 Å². The minimum Gasteiger partial charge on any atom is -0.269 e. The summed E-state index contributed by atoms with van der Waals surface area (Å²) in [5.41, 5.74) is 1.73. The molecule has 0 aliphatic carbocycles. The molecule has 100 valence electrons. The first-order valence-corrected chi connectivity index (χ1v) is 7.96. The van der Waals surface area contributed by atoms with E-state index in [1.165, 1.54) is 4.31 Å². The number of sulfonamides is 1. The van der Waals surface area contributed by atoms with Crippen molar-refractivity contribution in [2.24, 2.45) is 0 Å². The molecule has 5 heteroatoms. The second-order valence-corrected chi connectivity index (χ2v) is 7.03. The Kier molecular flexibility index (Phi) is 3.96. The van der Waals surface area contributed by atoms with Gasteiger partial charge in [0.1, 0.15) is 4.90 Å². The number of hydrogen-bond donors (Lipinski definition) is 0. The van der Waals surface area contributed by atoms with Crippen molar-refractivity contribution >= 4 is 31.6 Å². The van der Waals surface area contributed by atoms with Crippen LogP contribution in [0.2, 0.25) is 0 Å². The topological polar surface area (TPSA) is 37.4 Å². The van der Waals surface area contributed by atoms with Crippen LogP contribution in [0.5, 0.6) is 0 Å². The molecule has 0 amide bonds. The highest BCUT2D eigenvalue weighted by molar-refractivity contribution is 9.10. The average Bonchev–Trinajstić information content (AvgIpc) is 2.39. The van der Waals surface area contributed by atoms with E-state index in [4.69, 9.17) is 0 Å². The Bertz CT molecular complexity index is 681. The third-order valence-corrected chi connectivity index (χ3v) is 5.67. The Morgan fingerprint density at radius 1 is 1.00 bits per heavy atom. The van der Waals surface area contributed by atoms with Crippen molar-refractivity contribution in [1.29, 1.82) is 0 Å². The van der Waals surface area contributed by atoms with Gasteiger partial charge in [-0.3, -0.25) is 4.31 Å². The summed E-state index contributed by atoms with van der Waals surface area (Å²) in [6.45, 7) is 1.96. The van der Waals surface area contributed by atoms with Crippen LogP contribution in [0.15, 0.2) is 57.9 Å². The molecule has 0 atom stereocenters. The van der Waals surface area contributed by atoms with E-state index in [9.17, 15) is 8.42 Å². The number of benzene rings is 2. The number of aryl methyl sites for hydroxylation is 1.